The Balaban J connectivity index is 2.08. The number of halogens is 1. The van der Waals surface area contributed by atoms with Gasteiger partial charge in [-0.05, 0) is 32.3 Å². The number of hydrogen-bond acceptors (Lipinski definition) is 3. The summed E-state index contributed by atoms with van der Waals surface area (Å²) in [5.41, 5.74) is 0.260. The molecule has 1 fully saturated rings. The summed E-state index contributed by atoms with van der Waals surface area (Å²) in [6.45, 7) is 1.79. The van der Waals surface area contributed by atoms with Gasteiger partial charge in [-0.2, -0.15) is 5.10 Å². The Morgan fingerprint density at radius 3 is 2.55 bits per heavy atom. The molecular weight excluding hydrogens is 282 g/mol. The van der Waals surface area contributed by atoms with Crippen molar-refractivity contribution in [2.24, 2.45) is 7.05 Å². The zero-order valence-electron chi connectivity index (χ0n) is 11.3. The lowest BCUT2D eigenvalue weighted by molar-refractivity contribution is -0.151. The molecule has 1 saturated carbocycles. The van der Waals surface area contributed by atoms with Gasteiger partial charge in [-0.3, -0.25) is 9.48 Å². The van der Waals surface area contributed by atoms with Crippen molar-refractivity contribution in [1.29, 1.82) is 0 Å². The highest BCUT2D eigenvalue weighted by Gasteiger charge is 2.45. The molecule has 20 heavy (non-hydrogen) atoms. The van der Waals surface area contributed by atoms with Gasteiger partial charge in [0.25, 0.3) is 0 Å². The lowest BCUT2D eigenvalue weighted by atomic mass is 9.77. The lowest BCUT2D eigenvalue weighted by Crippen LogP contribution is -2.58. The van der Waals surface area contributed by atoms with E-state index in [2.05, 4.69) is 10.4 Å². The zero-order valence-corrected chi connectivity index (χ0v) is 12.1. The monoisotopic (exact) mass is 297 g/mol. The van der Waals surface area contributed by atoms with Crippen molar-refractivity contribution in [2.45, 2.75) is 31.7 Å². The number of aliphatic carboxylic acids is 1. The smallest absolute Gasteiger partial charge is 0.329 e. The molecule has 1 heterocycles. The number of nitrogens with one attached hydrogen (secondary N) is 1. The highest BCUT2D eigenvalue weighted by atomic mass is 35.5. The Hall–Kier alpha value is -1.82. The molecule has 108 valence electrons. The van der Waals surface area contributed by atoms with E-state index in [0.29, 0.717) is 29.3 Å². The number of carbonyl (C=O) groups excluding carboxylic acids is 1. The Labute approximate surface area is 121 Å². The van der Waals surface area contributed by atoms with Crippen LogP contribution in [0.15, 0.2) is 6.08 Å². The van der Waals surface area contributed by atoms with Crippen molar-refractivity contribution < 1.29 is 14.7 Å². The number of nitrogens with zero attached hydrogens (tertiary/aromatic N) is 2. The predicted molar refractivity (Wildman–Crippen MR) is 74.3 cm³/mol. The molecule has 0 aliphatic heterocycles. The number of rotatable bonds is 4. The van der Waals surface area contributed by atoms with Gasteiger partial charge in [-0.15, -0.1) is 0 Å². The number of carboxylic acids is 1. The van der Waals surface area contributed by atoms with E-state index < -0.39 is 17.4 Å². The van der Waals surface area contributed by atoms with E-state index in [-0.39, 0.29) is 0 Å². The molecule has 2 rings (SSSR count). The van der Waals surface area contributed by atoms with Crippen molar-refractivity contribution in [3.63, 3.8) is 0 Å². The molecule has 7 heteroatoms. The standard InChI is InChI=1S/C13H16ClN3O3/c1-8-9(11(14)17(2)16-8)4-5-10(18)15-13(12(19)20)6-3-7-13/h4-5H,3,6-7H2,1-2H3,(H,15,18)(H,19,20). The molecule has 2 N–H and O–H groups in total. The van der Waals surface area contributed by atoms with E-state index in [4.69, 9.17) is 16.7 Å². The van der Waals surface area contributed by atoms with E-state index in [1.165, 1.54) is 10.8 Å². The van der Waals surface area contributed by atoms with Crippen LogP contribution in [0.1, 0.15) is 30.5 Å². The molecular formula is C13H16ClN3O3. The van der Waals surface area contributed by atoms with Crippen LogP contribution < -0.4 is 5.32 Å². The third-order valence-corrected chi connectivity index (χ3v) is 4.02. The van der Waals surface area contributed by atoms with Gasteiger partial charge in [-0.25, -0.2) is 4.79 Å². The number of amides is 1. The van der Waals surface area contributed by atoms with Crippen molar-refractivity contribution in [3.05, 3.63) is 22.5 Å². The molecule has 0 unspecified atom stereocenters. The SMILES string of the molecule is Cc1nn(C)c(Cl)c1C=CC(=O)NC1(C(=O)O)CCC1. The fraction of sp³-hybridized carbons (Fsp3) is 0.462. The molecule has 0 saturated heterocycles. The molecule has 0 atom stereocenters. The maximum Gasteiger partial charge on any atom is 0.329 e. The van der Waals surface area contributed by atoms with Crippen LogP contribution in [0.3, 0.4) is 0 Å². The molecule has 1 aliphatic carbocycles. The van der Waals surface area contributed by atoms with Crippen LogP contribution in [0.5, 0.6) is 0 Å². The Morgan fingerprint density at radius 2 is 2.15 bits per heavy atom. The minimum Gasteiger partial charge on any atom is -0.480 e. The molecule has 1 amide bonds. The molecule has 1 aromatic heterocycles. The summed E-state index contributed by atoms with van der Waals surface area (Å²) in [6.07, 6.45) is 4.58. The molecule has 0 aromatic carbocycles. The summed E-state index contributed by atoms with van der Waals surface area (Å²) < 4.78 is 1.51. The van der Waals surface area contributed by atoms with Crippen LogP contribution in [0.4, 0.5) is 0 Å². The molecule has 1 aromatic rings. The van der Waals surface area contributed by atoms with Gasteiger partial charge in [-0.1, -0.05) is 11.6 Å². The van der Waals surface area contributed by atoms with E-state index in [9.17, 15) is 9.59 Å². The Kier molecular flexibility index (Phi) is 3.85. The number of hydrogen-bond donors (Lipinski definition) is 2. The minimum atomic E-state index is -1.10. The van der Waals surface area contributed by atoms with Gasteiger partial charge in [0.05, 0.1) is 5.69 Å². The van der Waals surface area contributed by atoms with Gasteiger partial charge in [0.15, 0.2) is 0 Å². The Bertz CT molecular complexity index is 588. The summed E-state index contributed by atoms with van der Waals surface area (Å²) >= 11 is 6.04. The second-order valence-corrected chi connectivity index (χ2v) is 5.33. The maximum atomic E-state index is 11.8. The highest BCUT2D eigenvalue weighted by Crippen LogP contribution is 2.32. The van der Waals surface area contributed by atoms with Gasteiger partial charge in [0.1, 0.15) is 10.7 Å². The van der Waals surface area contributed by atoms with Crippen LogP contribution >= 0.6 is 11.6 Å². The molecule has 0 bridgehead atoms. The topological polar surface area (TPSA) is 84.2 Å². The van der Waals surface area contributed by atoms with Gasteiger partial charge >= 0.3 is 5.97 Å². The van der Waals surface area contributed by atoms with Gasteiger partial charge < -0.3 is 10.4 Å². The maximum absolute atomic E-state index is 11.8. The lowest BCUT2D eigenvalue weighted by Gasteiger charge is -2.37. The number of aryl methyl sites for hydroxylation is 2. The summed E-state index contributed by atoms with van der Waals surface area (Å²) in [5.74, 6) is -1.42. The quantitative estimate of drug-likeness (QED) is 0.825. The first-order valence-electron chi connectivity index (χ1n) is 6.28. The van der Waals surface area contributed by atoms with Crippen LogP contribution in [-0.4, -0.2) is 32.3 Å². The molecule has 6 nitrogen and oxygen atoms in total. The Morgan fingerprint density at radius 1 is 1.50 bits per heavy atom. The van der Waals surface area contributed by atoms with Crippen molar-refractivity contribution in [1.82, 2.24) is 15.1 Å². The van der Waals surface area contributed by atoms with Crippen LogP contribution in [0.2, 0.25) is 5.15 Å². The van der Waals surface area contributed by atoms with E-state index in [1.807, 2.05) is 0 Å². The third-order valence-electron chi connectivity index (χ3n) is 3.58. The van der Waals surface area contributed by atoms with Crippen molar-refractivity contribution in [2.75, 3.05) is 0 Å². The van der Waals surface area contributed by atoms with Crippen LogP contribution in [0, 0.1) is 6.92 Å². The second kappa shape index (κ2) is 5.28. The number of aromatic nitrogens is 2. The van der Waals surface area contributed by atoms with Gasteiger partial charge in [0.2, 0.25) is 5.91 Å². The van der Waals surface area contributed by atoms with E-state index in [0.717, 1.165) is 6.42 Å². The van der Waals surface area contributed by atoms with Crippen molar-refractivity contribution in [3.8, 4) is 0 Å². The molecule has 0 spiro atoms. The summed E-state index contributed by atoms with van der Waals surface area (Å²) in [4.78, 5) is 23.0. The van der Waals surface area contributed by atoms with Crippen molar-refractivity contribution >= 4 is 29.6 Å². The summed E-state index contributed by atoms with van der Waals surface area (Å²) in [5, 5.41) is 16.2. The first kappa shape index (κ1) is 14.6. The fourth-order valence-electron chi connectivity index (χ4n) is 2.19. The summed E-state index contributed by atoms with van der Waals surface area (Å²) in [7, 11) is 1.71. The fourth-order valence-corrected chi connectivity index (χ4v) is 2.43. The normalized spacial score (nSPS) is 16.9. The third kappa shape index (κ3) is 2.56. The number of carboxylic acid groups (broad SMARTS) is 1. The molecule has 0 radical (unpaired) electrons. The van der Waals surface area contributed by atoms with E-state index in [1.54, 1.807) is 20.0 Å². The van der Waals surface area contributed by atoms with Gasteiger partial charge in [0, 0.05) is 18.7 Å². The van der Waals surface area contributed by atoms with Crippen LogP contribution in [0.25, 0.3) is 6.08 Å². The number of carbonyl (C=O) groups is 2. The highest BCUT2D eigenvalue weighted by molar-refractivity contribution is 6.31. The predicted octanol–water partition coefficient (Wildman–Crippen LogP) is 1.52. The largest absolute Gasteiger partial charge is 0.480 e. The minimum absolute atomic E-state index is 0.433. The summed E-state index contributed by atoms with van der Waals surface area (Å²) in [6, 6.07) is 0. The first-order chi connectivity index (χ1) is 9.35. The molecule has 1 aliphatic rings. The average molecular weight is 298 g/mol. The van der Waals surface area contributed by atoms with Crippen LogP contribution in [-0.2, 0) is 16.6 Å². The zero-order chi connectivity index (χ0) is 14.9. The first-order valence-corrected chi connectivity index (χ1v) is 6.66. The van der Waals surface area contributed by atoms with E-state index >= 15 is 0 Å². The average Bonchev–Trinajstić information content (AvgIpc) is 2.55. The second-order valence-electron chi connectivity index (χ2n) is 4.98.